The summed E-state index contributed by atoms with van der Waals surface area (Å²) in [5, 5.41) is 6.31. The SMILES string of the molecule is Cc1cc(C(N)c2ccc(C)c(C)c2)c(=O)[nH]n1. The van der Waals surface area contributed by atoms with Crippen molar-refractivity contribution in [3.05, 3.63) is 62.6 Å². The second-order valence-corrected chi connectivity index (χ2v) is 4.62. The van der Waals surface area contributed by atoms with E-state index >= 15 is 0 Å². The summed E-state index contributed by atoms with van der Waals surface area (Å²) < 4.78 is 0. The van der Waals surface area contributed by atoms with Gasteiger partial charge in [0, 0.05) is 5.56 Å². The number of rotatable bonds is 2. The monoisotopic (exact) mass is 243 g/mol. The Bertz CT molecular complexity index is 631. The van der Waals surface area contributed by atoms with E-state index in [1.165, 1.54) is 11.1 Å². The molecule has 0 aliphatic heterocycles. The standard InChI is InChI=1S/C14H17N3O/c1-8-4-5-11(6-9(8)2)13(15)12-7-10(3)16-17-14(12)18/h4-7,13H,15H2,1-3H3,(H,17,18). The molecule has 1 unspecified atom stereocenters. The van der Waals surface area contributed by atoms with E-state index in [-0.39, 0.29) is 5.56 Å². The smallest absolute Gasteiger partial charge is 0.269 e. The van der Waals surface area contributed by atoms with Crippen molar-refractivity contribution in [3.63, 3.8) is 0 Å². The molecular formula is C14H17N3O. The van der Waals surface area contributed by atoms with Gasteiger partial charge in [-0.1, -0.05) is 18.2 Å². The molecule has 0 spiro atoms. The first-order chi connectivity index (χ1) is 8.49. The highest BCUT2D eigenvalue weighted by atomic mass is 16.1. The fourth-order valence-electron chi connectivity index (χ4n) is 1.90. The van der Waals surface area contributed by atoms with Gasteiger partial charge in [0.15, 0.2) is 0 Å². The molecule has 4 nitrogen and oxygen atoms in total. The largest absolute Gasteiger partial charge is 0.320 e. The van der Waals surface area contributed by atoms with Gasteiger partial charge in [0.1, 0.15) is 0 Å². The summed E-state index contributed by atoms with van der Waals surface area (Å²) in [4.78, 5) is 11.7. The number of hydrogen-bond acceptors (Lipinski definition) is 3. The van der Waals surface area contributed by atoms with Crippen LogP contribution in [0.25, 0.3) is 0 Å². The Balaban J connectivity index is 2.47. The molecule has 1 heterocycles. The highest BCUT2D eigenvalue weighted by Crippen LogP contribution is 2.19. The molecule has 18 heavy (non-hydrogen) atoms. The maximum absolute atomic E-state index is 11.7. The molecule has 1 atom stereocenters. The number of aromatic amines is 1. The normalized spacial score (nSPS) is 12.4. The molecule has 0 bridgehead atoms. The fraction of sp³-hybridized carbons (Fsp3) is 0.286. The molecule has 1 aromatic carbocycles. The van der Waals surface area contributed by atoms with E-state index in [2.05, 4.69) is 10.2 Å². The van der Waals surface area contributed by atoms with Crippen LogP contribution >= 0.6 is 0 Å². The van der Waals surface area contributed by atoms with Crippen molar-refractivity contribution >= 4 is 0 Å². The molecule has 0 amide bonds. The van der Waals surface area contributed by atoms with Gasteiger partial charge in [0.05, 0.1) is 11.7 Å². The molecular weight excluding hydrogens is 226 g/mol. The van der Waals surface area contributed by atoms with Crippen LogP contribution in [0.15, 0.2) is 29.1 Å². The van der Waals surface area contributed by atoms with Crippen molar-refractivity contribution in [1.29, 1.82) is 0 Å². The van der Waals surface area contributed by atoms with Crippen LogP contribution in [0, 0.1) is 20.8 Å². The van der Waals surface area contributed by atoms with Gasteiger partial charge in [0.2, 0.25) is 0 Å². The second kappa shape index (κ2) is 4.74. The molecule has 1 aromatic heterocycles. The van der Waals surface area contributed by atoms with E-state index in [4.69, 9.17) is 5.73 Å². The molecule has 0 aliphatic rings. The first-order valence-electron chi connectivity index (χ1n) is 5.88. The average Bonchev–Trinajstić information content (AvgIpc) is 2.35. The highest BCUT2D eigenvalue weighted by Gasteiger charge is 2.13. The van der Waals surface area contributed by atoms with Gasteiger partial charge in [-0.25, -0.2) is 5.10 Å². The Morgan fingerprint density at radius 1 is 1.17 bits per heavy atom. The highest BCUT2D eigenvalue weighted by molar-refractivity contribution is 5.36. The summed E-state index contributed by atoms with van der Waals surface area (Å²) in [7, 11) is 0. The first-order valence-corrected chi connectivity index (χ1v) is 5.88. The van der Waals surface area contributed by atoms with Crippen molar-refractivity contribution in [2.45, 2.75) is 26.8 Å². The van der Waals surface area contributed by atoms with Crippen LogP contribution in [0.3, 0.4) is 0 Å². The molecule has 3 N–H and O–H groups in total. The first kappa shape index (κ1) is 12.5. The van der Waals surface area contributed by atoms with E-state index in [0.717, 1.165) is 11.3 Å². The van der Waals surface area contributed by atoms with E-state index in [9.17, 15) is 4.79 Å². The van der Waals surface area contributed by atoms with Gasteiger partial charge < -0.3 is 5.73 Å². The van der Waals surface area contributed by atoms with E-state index in [0.29, 0.717) is 5.56 Å². The lowest BCUT2D eigenvalue weighted by Gasteiger charge is -2.13. The van der Waals surface area contributed by atoms with Gasteiger partial charge in [-0.3, -0.25) is 4.79 Å². The zero-order chi connectivity index (χ0) is 13.3. The Labute approximate surface area is 106 Å². The predicted octanol–water partition coefficient (Wildman–Crippen LogP) is 1.74. The predicted molar refractivity (Wildman–Crippen MR) is 71.5 cm³/mol. The number of nitrogens with zero attached hydrogens (tertiary/aromatic N) is 1. The van der Waals surface area contributed by atoms with Crippen molar-refractivity contribution in [2.75, 3.05) is 0 Å². The minimum atomic E-state index is -0.422. The summed E-state index contributed by atoms with van der Waals surface area (Å²) in [6, 6.07) is 7.32. The van der Waals surface area contributed by atoms with Crippen molar-refractivity contribution in [3.8, 4) is 0 Å². The van der Waals surface area contributed by atoms with Crippen LogP contribution in [-0.4, -0.2) is 10.2 Å². The minimum absolute atomic E-state index is 0.230. The van der Waals surface area contributed by atoms with Crippen LogP contribution in [-0.2, 0) is 0 Å². The number of aryl methyl sites for hydroxylation is 3. The van der Waals surface area contributed by atoms with Gasteiger partial charge >= 0.3 is 0 Å². The van der Waals surface area contributed by atoms with E-state index in [1.807, 2.05) is 39.0 Å². The fourth-order valence-corrected chi connectivity index (χ4v) is 1.90. The molecule has 0 radical (unpaired) electrons. The van der Waals surface area contributed by atoms with Gasteiger partial charge in [0.25, 0.3) is 5.56 Å². The van der Waals surface area contributed by atoms with Crippen molar-refractivity contribution < 1.29 is 0 Å². The number of aromatic nitrogens is 2. The molecule has 0 aliphatic carbocycles. The number of H-pyrrole nitrogens is 1. The van der Waals surface area contributed by atoms with Gasteiger partial charge in [-0.2, -0.15) is 5.10 Å². The number of nitrogens with one attached hydrogen (secondary N) is 1. The van der Waals surface area contributed by atoms with Crippen LogP contribution in [0.2, 0.25) is 0 Å². The third kappa shape index (κ3) is 2.33. The van der Waals surface area contributed by atoms with Crippen LogP contribution in [0.5, 0.6) is 0 Å². The van der Waals surface area contributed by atoms with Gasteiger partial charge in [-0.15, -0.1) is 0 Å². The topological polar surface area (TPSA) is 71.8 Å². The molecule has 2 rings (SSSR count). The van der Waals surface area contributed by atoms with Gasteiger partial charge in [-0.05, 0) is 43.5 Å². The lowest BCUT2D eigenvalue weighted by Crippen LogP contribution is -2.24. The second-order valence-electron chi connectivity index (χ2n) is 4.62. The van der Waals surface area contributed by atoms with Crippen LogP contribution in [0.4, 0.5) is 0 Å². The summed E-state index contributed by atoms with van der Waals surface area (Å²) in [6.45, 7) is 5.91. The summed E-state index contributed by atoms with van der Waals surface area (Å²) in [6.07, 6.45) is 0. The molecule has 0 saturated heterocycles. The molecule has 0 fully saturated rings. The quantitative estimate of drug-likeness (QED) is 0.844. The summed E-state index contributed by atoms with van der Waals surface area (Å²) in [5.74, 6) is 0. The van der Waals surface area contributed by atoms with Crippen LogP contribution in [0.1, 0.15) is 34.0 Å². The van der Waals surface area contributed by atoms with Crippen molar-refractivity contribution in [1.82, 2.24) is 10.2 Å². The molecule has 94 valence electrons. The number of nitrogens with two attached hydrogens (primary N) is 1. The summed E-state index contributed by atoms with van der Waals surface area (Å²) >= 11 is 0. The zero-order valence-electron chi connectivity index (χ0n) is 10.8. The number of benzene rings is 1. The Morgan fingerprint density at radius 3 is 2.56 bits per heavy atom. The third-order valence-electron chi connectivity index (χ3n) is 3.19. The van der Waals surface area contributed by atoms with Crippen molar-refractivity contribution in [2.24, 2.45) is 5.73 Å². The minimum Gasteiger partial charge on any atom is -0.320 e. The maximum Gasteiger partial charge on any atom is 0.269 e. The van der Waals surface area contributed by atoms with Crippen LogP contribution < -0.4 is 11.3 Å². The molecule has 4 heteroatoms. The van der Waals surface area contributed by atoms with E-state index < -0.39 is 6.04 Å². The Hall–Kier alpha value is -1.94. The van der Waals surface area contributed by atoms with E-state index in [1.54, 1.807) is 6.07 Å². The Morgan fingerprint density at radius 2 is 1.89 bits per heavy atom. The lowest BCUT2D eigenvalue weighted by atomic mass is 9.97. The average molecular weight is 243 g/mol. The summed E-state index contributed by atoms with van der Waals surface area (Å²) in [5.41, 5.74) is 10.6. The Kier molecular flexibility index (Phi) is 3.30. The molecule has 2 aromatic rings. The lowest BCUT2D eigenvalue weighted by molar-refractivity contribution is 0.813. The third-order valence-corrected chi connectivity index (χ3v) is 3.19. The maximum atomic E-state index is 11.7. The zero-order valence-corrected chi connectivity index (χ0v) is 10.8. The number of hydrogen-bond donors (Lipinski definition) is 2. The molecule has 0 saturated carbocycles.